The number of hydrogen-bond donors (Lipinski definition) is 1. The van der Waals surface area contributed by atoms with E-state index < -0.39 is 39.7 Å². The molecule has 0 bridgehead atoms. The van der Waals surface area contributed by atoms with Crippen LogP contribution in [0, 0.1) is 17.1 Å². The van der Waals surface area contributed by atoms with Gasteiger partial charge in [0.1, 0.15) is 17.9 Å². The maximum Gasteiger partial charge on any atom is 0.248 e. The van der Waals surface area contributed by atoms with Crippen LogP contribution in [0.25, 0.3) is 0 Å². The lowest BCUT2D eigenvalue weighted by Crippen LogP contribution is -2.53. The number of rotatable bonds is 9. The van der Waals surface area contributed by atoms with Crippen LogP contribution < -0.4 is 10.2 Å². The zero-order valence-electron chi connectivity index (χ0n) is 24.2. The van der Waals surface area contributed by atoms with E-state index in [1.54, 1.807) is 48.5 Å². The molecule has 1 aliphatic heterocycles. The van der Waals surface area contributed by atoms with Gasteiger partial charge in [-0.2, -0.15) is 9.57 Å². The number of halogens is 2. The van der Waals surface area contributed by atoms with Crippen molar-refractivity contribution in [3.63, 3.8) is 0 Å². The highest BCUT2D eigenvalue weighted by atomic mass is 35.5. The zero-order chi connectivity index (χ0) is 31.3. The number of nitrogens with one attached hydrogen (secondary N) is 1. The summed E-state index contributed by atoms with van der Waals surface area (Å²) in [5, 5.41) is 12.6. The van der Waals surface area contributed by atoms with Gasteiger partial charge in [-0.05, 0) is 67.6 Å². The molecule has 11 heteroatoms. The lowest BCUT2D eigenvalue weighted by molar-refractivity contribution is -0.128. The molecule has 230 valence electrons. The van der Waals surface area contributed by atoms with Crippen molar-refractivity contribution in [2.75, 3.05) is 17.2 Å². The summed E-state index contributed by atoms with van der Waals surface area (Å²) in [6.07, 6.45) is 4.91. The van der Waals surface area contributed by atoms with E-state index in [-0.39, 0.29) is 41.9 Å². The van der Waals surface area contributed by atoms with Crippen molar-refractivity contribution in [1.82, 2.24) is 9.62 Å². The summed E-state index contributed by atoms with van der Waals surface area (Å²) in [6.45, 7) is -0.00432. The number of sulfonamides is 1. The van der Waals surface area contributed by atoms with Crippen LogP contribution in [0.5, 0.6) is 0 Å². The Hall–Kier alpha value is -3.78. The Morgan fingerprint density at radius 3 is 2.50 bits per heavy atom. The number of nitrogens with zero attached hydrogens (tertiary/aromatic N) is 3. The minimum atomic E-state index is -3.81. The molecule has 2 atom stereocenters. The molecular weight excluding hydrogens is 603 g/mol. The first-order valence-corrected chi connectivity index (χ1v) is 16.8. The van der Waals surface area contributed by atoms with Gasteiger partial charge in [-0.25, -0.2) is 12.8 Å². The molecule has 0 radical (unpaired) electrons. The Labute approximate surface area is 262 Å². The quantitative estimate of drug-likeness (QED) is 0.333. The Bertz CT molecular complexity index is 1670. The van der Waals surface area contributed by atoms with E-state index in [0.29, 0.717) is 11.1 Å². The van der Waals surface area contributed by atoms with Crippen molar-refractivity contribution in [1.29, 1.82) is 5.26 Å². The van der Waals surface area contributed by atoms with Crippen molar-refractivity contribution >= 4 is 39.1 Å². The number of hydrogen-bond acceptors (Lipinski definition) is 5. The van der Waals surface area contributed by atoms with Crippen molar-refractivity contribution in [2.45, 2.75) is 63.1 Å². The van der Waals surface area contributed by atoms with Crippen molar-refractivity contribution in [2.24, 2.45) is 0 Å². The number of anilines is 1. The highest BCUT2D eigenvalue weighted by molar-refractivity contribution is 7.89. The SMILES string of the molecule is N#Cc1cccc(CCN2C(C(=O)N(c3cccc(F)c3)C(C(=O)NC3CCCCC3)c3ccccc3Cl)CCS2(=O)=O)c1. The fourth-order valence-electron chi connectivity index (χ4n) is 6.10. The molecule has 1 saturated carbocycles. The van der Waals surface area contributed by atoms with E-state index in [0.717, 1.165) is 43.7 Å². The molecule has 8 nitrogen and oxygen atoms in total. The van der Waals surface area contributed by atoms with Gasteiger partial charge in [0.15, 0.2) is 0 Å². The summed E-state index contributed by atoms with van der Waals surface area (Å²) in [5.74, 6) is -1.97. The molecule has 3 aromatic carbocycles. The van der Waals surface area contributed by atoms with E-state index in [1.165, 1.54) is 27.4 Å². The third-order valence-corrected chi connectivity index (χ3v) is 10.5. The largest absolute Gasteiger partial charge is 0.351 e. The van der Waals surface area contributed by atoms with Crippen LogP contribution in [-0.2, 0) is 26.0 Å². The van der Waals surface area contributed by atoms with Crippen LogP contribution in [0.1, 0.15) is 61.3 Å². The van der Waals surface area contributed by atoms with Gasteiger partial charge in [0, 0.05) is 28.9 Å². The van der Waals surface area contributed by atoms with E-state index in [1.807, 2.05) is 0 Å². The topological polar surface area (TPSA) is 111 Å². The summed E-state index contributed by atoms with van der Waals surface area (Å²) in [4.78, 5) is 30.0. The van der Waals surface area contributed by atoms with Gasteiger partial charge in [-0.3, -0.25) is 14.5 Å². The van der Waals surface area contributed by atoms with Gasteiger partial charge < -0.3 is 5.32 Å². The van der Waals surface area contributed by atoms with Crippen LogP contribution in [0.2, 0.25) is 5.02 Å². The molecule has 44 heavy (non-hydrogen) atoms. The molecule has 1 heterocycles. The van der Waals surface area contributed by atoms with Gasteiger partial charge in [0.25, 0.3) is 0 Å². The number of benzene rings is 3. The van der Waals surface area contributed by atoms with Gasteiger partial charge in [0.2, 0.25) is 21.8 Å². The maximum atomic E-state index is 14.7. The Kier molecular flexibility index (Phi) is 9.99. The standard InChI is InChI=1S/C33H34ClFN4O4S/c34-29-15-5-4-14-28(29)31(32(40)37-26-11-2-1-3-12-26)39(27-13-7-10-25(35)21-27)33(41)30-17-19-44(42,43)38(30)18-16-23-8-6-9-24(20-23)22-36/h4-10,13-15,20-21,26,30-31H,1-3,11-12,16-19H2,(H,37,40). The van der Waals surface area contributed by atoms with Gasteiger partial charge in [-0.15, -0.1) is 0 Å². The predicted octanol–water partition coefficient (Wildman–Crippen LogP) is 5.52. The summed E-state index contributed by atoms with van der Waals surface area (Å²) in [6, 6.07) is 18.5. The summed E-state index contributed by atoms with van der Waals surface area (Å²) in [7, 11) is -3.81. The number of nitriles is 1. The molecule has 0 aromatic heterocycles. The second kappa shape index (κ2) is 13.9. The van der Waals surface area contributed by atoms with E-state index in [9.17, 15) is 27.7 Å². The molecular formula is C33H34ClFN4O4S. The molecule has 1 aliphatic carbocycles. The Morgan fingerprint density at radius 2 is 1.77 bits per heavy atom. The lowest BCUT2D eigenvalue weighted by Gasteiger charge is -2.36. The highest BCUT2D eigenvalue weighted by Gasteiger charge is 2.46. The van der Waals surface area contributed by atoms with E-state index in [4.69, 9.17) is 11.6 Å². The predicted molar refractivity (Wildman–Crippen MR) is 167 cm³/mol. The molecule has 2 fully saturated rings. The molecule has 5 rings (SSSR count). The van der Waals surface area contributed by atoms with Crippen LogP contribution >= 0.6 is 11.6 Å². The highest BCUT2D eigenvalue weighted by Crippen LogP contribution is 2.36. The fourth-order valence-corrected chi connectivity index (χ4v) is 8.05. The Balaban J connectivity index is 1.54. The van der Waals surface area contributed by atoms with E-state index in [2.05, 4.69) is 11.4 Å². The molecule has 0 spiro atoms. The minimum absolute atomic E-state index is 0.00432. The summed E-state index contributed by atoms with van der Waals surface area (Å²) < 4.78 is 42.4. The molecule has 1 N–H and O–H groups in total. The maximum absolute atomic E-state index is 14.7. The molecule has 2 aliphatic rings. The van der Waals surface area contributed by atoms with Gasteiger partial charge >= 0.3 is 0 Å². The average molecular weight is 637 g/mol. The lowest BCUT2D eigenvalue weighted by atomic mass is 9.94. The summed E-state index contributed by atoms with van der Waals surface area (Å²) in [5.41, 5.74) is 1.66. The monoisotopic (exact) mass is 636 g/mol. The zero-order valence-corrected chi connectivity index (χ0v) is 25.7. The van der Waals surface area contributed by atoms with Crippen LogP contribution in [-0.4, -0.2) is 48.9 Å². The third-order valence-electron chi connectivity index (χ3n) is 8.30. The fraction of sp³-hybridized carbons (Fsp3) is 0.364. The number of carbonyl (C=O) groups is 2. The normalized spacial score (nSPS) is 19.2. The second-order valence-corrected chi connectivity index (χ2v) is 13.7. The molecule has 3 aromatic rings. The number of carbonyl (C=O) groups excluding carboxylic acids is 2. The smallest absolute Gasteiger partial charge is 0.248 e. The first-order chi connectivity index (χ1) is 21.2. The summed E-state index contributed by atoms with van der Waals surface area (Å²) >= 11 is 6.63. The first kappa shape index (κ1) is 31.6. The van der Waals surface area contributed by atoms with Gasteiger partial charge in [-0.1, -0.05) is 67.3 Å². The van der Waals surface area contributed by atoms with Crippen molar-refractivity contribution in [3.05, 3.63) is 100 Å². The molecule has 1 saturated heterocycles. The first-order valence-electron chi connectivity index (χ1n) is 14.8. The third kappa shape index (κ3) is 7.12. The van der Waals surface area contributed by atoms with Crippen molar-refractivity contribution in [3.8, 4) is 6.07 Å². The minimum Gasteiger partial charge on any atom is -0.351 e. The van der Waals surface area contributed by atoms with Crippen LogP contribution in [0.15, 0.2) is 72.8 Å². The number of amides is 2. The second-order valence-electron chi connectivity index (χ2n) is 11.2. The van der Waals surface area contributed by atoms with Crippen LogP contribution in [0.3, 0.4) is 0 Å². The van der Waals surface area contributed by atoms with Crippen LogP contribution in [0.4, 0.5) is 10.1 Å². The average Bonchev–Trinajstić information content (AvgIpc) is 3.33. The van der Waals surface area contributed by atoms with E-state index >= 15 is 0 Å². The molecule has 2 amide bonds. The van der Waals surface area contributed by atoms with Crippen molar-refractivity contribution < 1.29 is 22.4 Å². The van der Waals surface area contributed by atoms with Gasteiger partial charge in [0.05, 0.1) is 17.4 Å². The Morgan fingerprint density at radius 1 is 1.02 bits per heavy atom. The molecule has 2 unspecified atom stereocenters.